The summed E-state index contributed by atoms with van der Waals surface area (Å²) in [6.07, 6.45) is 5.33. The largest absolute Gasteiger partial charge is 0.497 e. The Hall–Kier alpha value is -2.97. The van der Waals surface area contributed by atoms with Crippen LogP contribution in [0.2, 0.25) is 0 Å². The third-order valence-corrected chi connectivity index (χ3v) is 8.36. The molecule has 6 nitrogen and oxygen atoms in total. The van der Waals surface area contributed by atoms with Crippen molar-refractivity contribution < 1.29 is 17.9 Å². The maximum atomic E-state index is 13.3. The molecule has 8 heteroatoms. The first-order chi connectivity index (χ1) is 16.4. The molecule has 3 aromatic carbocycles. The van der Waals surface area contributed by atoms with Gasteiger partial charge in [-0.2, -0.15) is 0 Å². The Bertz CT molecular complexity index is 1370. The average molecular weight is 541 g/mol. The van der Waals surface area contributed by atoms with Gasteiger partial charge in [0.05, 0.1) is 30.8 Å². The first-order valence-corrected chi connectivity index (χ1v) is 13.2. The molecular formula is C26H25BrN2O4S. The van der Waals surface area contributed by atoms with Gasteiger partial charge in [-0.3, -0.25) is 4.72 Å². The first-order valence-electron chi connectivity index (χ1n) is 11.0. The second-order valence-electron chi connectivity index (χ2n) is 8.45. The van der Waals surface area contributed by atoms with Gasteiger partial charge in [0.2, 0.25) is 0 Å². The highest BCUT2D eigenvalue weighted by molar-refractivity contribution is 9.10. The molecule has 0 unspecified atom stereocenters. The molecule has 0 saturated carbocycles. The number of fused-ring (bicyclic) bond motifs is 3. The van der Waals surface area contributed by atoms with Crippen LogP contribution in [-0.4, -0.2) is 22.6 Å². The monoisotopic (exact) mass is 540 g/mol. The zero-order valence-electron chi connectivity index (χ0n) is 18.8. The van der Waals surface area contributed by atoms with Gasteiger partial charge in [0, 0.05) is 22.1 Å². The van der Waals surface area contributed by atoms with Crippen LogP contribution >= 0.6 is 15.9 Å². The lowest BCUT2D eigenvalue weighted by Gasteiger charge is -2.37. The number of methoxy groups -OCH3 is 2. The van der Waals surface area contributed by atoms with Gasteiger partial charge < -0.3 is 14.8 Å². The topological polar surface area (TPSA) is 76.7 Å². The van der Waals surface area contributed by atoms with Gasteiger partial charge in [-0.25, -0.2) is 8.42 Å². The van der Waals surface area contributed by atoms with Gasteiger partial charge in [-0.15, -0.1) is 0 Å². The molecule has 34 heavy (non-hydrogen) atoms. The Morgan fingerprint density at radius 1 is 1.03 bits per heavy atom. The molecular weight excluding hydrogens is 516 g/mol. The van der Waals surface area contributed by atoms with Crippen LogP contribution in [0.1, 0.15) is 29.5 Å². The summed E-state index contributed by atoms with van der Waals surface area (Å²) in [7, 11) is -0.818. The molecule has 0 aromatic heterocycles. The molecule has 3 atom stereocenters. The lowest BCUT2D eigenvalue weighted by molar-refractivity contribution is 0.405. The van der Waals surface area contributed by atoms with Crippen LogP contribution in [0, 0.1) is 5.92 Å². The third kappa shape index (κ3) is 4.16. The Morgan fingerprint density at radius 2 is 1.88 bits per heavy atom. The van der Waals surface area contributed by atoms with E-state index in [4.69, 9.17) is 9.47 Å². The van der Waals surface area contributed by atoms with E-state index in [0.717, 1.165) is 22.1 Å². The zero-order chi connectivity index (χ0) is 23.9. The summed E-state index contributed by atoms with van der Waals surface area (Å²) in [6, 6.07) is 18.8. The van der Waals surface area contributed by atoms with Crippen molar-refractivity contribution in [3.05, 3.63) is 88.4 Å². The van der Waals surface area contributed by atoms with Crippen LogP contribution in [0.25, 0.3) is 0 Å². The summed E-state index contributed by atoms with van der Waals surface area (Å²) >= 11 is 3.58. The molecule has 176 valence electrons. The second-order valence-corrected chi connectivity index (χ2v) is 11.0. The van der Waals surface area contributed by atoms with Crippen LogP contribution in [0.4, 0.5) is 11.4 Å². The molecule has 0 saturated heterocycles. The van der Waals surface area contributed by atoms with Crippen molar-refractivity contribution in [1.29, 1.82) is 0 Å². The van der Waals surface area contributed by atoms with Crippen LogP contribution in [0.3, 0.4) is 0 Å². The highest BCUT2D eigenvalue weighted by atomic mass is 79.9. The molecule has 0 fully saturated rings. The quantitative estimate of drug-likeness (QED) is 0.369. The number of allylic oxidation sites excluding steroid dienone is 2. The lowest BCUT2D eigenvalue weighted by atomic mass is 9.77. The molecule has 2 aliphatic rings. The minimum atomic E-state index is -3.85. The molecule has 1 heterocycles. The van der Waals surface area contributed by atoms with Crippen LogP contribution in [0.5, 0.6) is 11.5 Å². The smallest absolute Gasteiger partial charge is 0.262 e. The van der Waals surface area contributed by atoms with E-state index >= 15 is 0 Å². The van der Waals surface area contributed by atoms with E-state index in [1.807, 2.05) is 18.2 Å². The zero-order valence-corrected chi connectivity index (χ0v) is 21.2. The third-order valence-electron chi connectivity index (χ3n) is 6.50. The number of sulfonamides is 1. The Balaban J connectivity index is 1.49. The van der Waals surface area contributed by atoms with E-state index in [0.29, 0.717) is 23.1 Å². The minimum Gasteiger partial charge on any atom is -0.497 e. The number of rotatable bonds is 6. The molecule has 1 aliphatic heterocycles. The van der Waals surface area contributed by atoms with Crippen molar-refractivity contribution in [2.45, 2.75) is 23.3 Å². The molecule has 0 bridgehead atoms. The van der Waals surface area contributed by atoms with Crippen molar-refractivity contribution in [2.24, 2.45) is 5.92 Å². The van der Waals surface area contributed by atoms with Gasteiger partial charge in [-0.05, 0) is 65.9 Å². The number of hydrogen-bond acceptors (Lipinski definition) is 5. The SMILES string of the molecule is COc1ccc(OC)c(NS(=O)(=O)c2ccc3c(c2)[C@H]2C=CC[C@H]2[C@@H](c2cccc(Br)c2)N3)c1. The predicted molar refractivity (Wildman–Crippen MR) is 137 cm³/mol. The normalized spacial score (nSPS) is 20.7. The average Bonchev–Trinajstić information content (AvgIpc) is 3.33. The Kier molecular flexibility index (Phi) is 6.04. The van der Waals surface area contributed by atoms with Crippen LogP contribution < -0.4 is 19.5 Å². The highest BCUT2D eigenvalue weighted by Crippen LogP contribution is 2.50. The number of ether oxygens (including phenoxy) is 2. The number of anilines is 2. The summed E-state index contributed by atoms with van der Waals surface area (Å²) in [6.45, 7) is 0. The Morgan fingerprint density at radius 3 is 2.65 bits per heavy atom. The van der Waals surface area contributed by atoms with Crippen molar-refractivity contribution >= 4 is 37.3 Å². The molecule has 2 N–H and O–H groups in total. The van der Waals surface area contributed by atoms with Gasteiger partial charge in [0.15, 0.2) is 0 Å². The van der Waals surface area contributed by atoms with E-state index < -0.39 is 10.0 Å². The van der Waals surface area contributed by atoms with Crippen molar-refractivity contribution in [3.8, 4) is 11.5 Å². The van der Waals surface area contributed by atoms with Gasteiger partial charge >= 0.3 is 0 Å². The van der Waals surface area contributed by atoms with E-state index in [9.17, 15) is 8.42 Å². The molecule has 3 aromatic rings. The van der Waals surface area contributed by atoms with Crippen molar-refractivity contribution in [3.63, 3.8) is 0 Å². The minimum absolute atomic E-state index is 0.140. The van der Waals surface area contributed by atoms with E-state index in [-0.39, 0.29) is 16.9 Å². The van der Waals surface area contributed by atoms with Gasteiger partial charge in [-0.1, -0.05) is 40.2 Å². The van der Waals surface area contributed by atoms with E-state index in [1.165, 1.54) is 19.8 Å². The number of hydrogen-bond donors (Lipinski definition) is 2. The fraction of sp³-hybridized carbons (Fsp3) is 0.231. The van der Waals surface area contributed by atoms with Gasteiger partial charge in [0.1, 0.15) is 11.5 Å². The predicted octanol–water partition coefficient (Wildman–Crippen LogP) is 6.09. The van der Waals surface area contributed by atoms with Crippen LogP contribution in [-0.2, 0) is 10.0 Å². The van der Waals surface area contributed by atoms with Crippen molar-refractivity contribution in [2.75, 3.05) is 24.3 Å². The molecule has 5 rings (SSSR count). The summed E-state index contributed by atoms with van der Waals surface area (Å²) in [5, 5.41) is 3.66. The highest BCUT2D eigenvalue weighted by Gasteiger charge is 2.38. The first kappa shape index (κ1) is 22.8. The van der Waals surface area contributed by atoms with Crippen molar-refractivity contribution in [1.82, 2.24) is 0 Å². The molecule has 0 radical (unpaired) electrons. The van der Waals surface area contributed by atoms with E-state index in [2.05, 4.69) is 50.3 Å². The maximum absolute atomic E-state index is 13.3. The summed E-state index contributed by atoms with van der Waals surface area (Å²) in [5.41, 5.74) is 3.48. The number of benzene rings is 3. The summed E-state index contributed by atoms with van der Waals surface area (Å²) < 4.78 is 40.9. The lowest BCUT2D eigenvalue weighted by Crippen LogP contribution is -2.29. The fourth-order valence-corrected chi connectivity index (χ4v) is 6.38. The number of nitrogens with one attached hydrogen (secondary N) is 2. The fourth-order valence-electron chi connectivity index (χ4n) is 4.87. The van der Waals surface area contributed by atoms with E-state index in [1.54, 1.807) is 30.3 Å². The molecule has 1 aliphatic carbocycles. The maximum Gasteiger partial charge on any atom is 0.262 e. The van der Waals surface area contributed by atoms with Crippen LogP contribution in [0.15, 0.2) is 82.2 Å². The summed E-state index contributed by atoms with van der Waals surface area (Å²) in [5.74, 6) is 1.40. The standard InChI is InChI=1S/C26H25BrN2O4S/c1-32-18-9-12-25(33-2)24(14-18)29-34(30,31)19-10-11-23-22(15-19)20-7-4-8-21(20)26(28-23)16-5-3-6-17(27)13-16/h3-7,9-15,20-21,26,28-29H,8H2,1-2H3/t20-,21+,26+/m0/s1. The summed E-state index contributed by atoms with van der Waals surface area (Å²) in [4.78, 5) is 0.206. The Labute approximate surface area is 208 Å². The number of halogens is 1. The molecule has 0 amide bonds. The second kappa shape index (κ2) is 9.00. The van der Waals surface area contributed by atoms with Gasteiger partial charge in [0.25, 0.3) is 10.0 Å². The molecule has 0 spiro atoms.